The Bertz CT molecular complexity index is 784. The predicted molar refractivity (Wildman–Crippen MR) is 87.2 cm³/mol. The van der Waals surface area contributed by atoms with Crippen LogP contribution < -0.4 is 10.5 Å². The van der Waals surface area contributed by atoms with E-state index in [0.717, 1.165) is 26.7 Å². The van der Waals surface area contributed by atoms with Gasteiger partial charge in [0.25, 0.3) is 0 Å². The molecule has 1 aromatic heterocycles. The Morgan fingerprint density at radius 3 is 2.62 bits per heavy atom. The first-order valence-electron chi connectivity index (χ1n) is 6.52. The second-order valence-corrected chi connectivity index (χ2v) is 5.71. The van der Waals surface area contributed by atoms with Gasteiger partial charge in [-0.05, 0) is 42.0 Å². The molecular formula is C16H14BrN3O. The van der Waals surface area contributed by atoms with E-state index in [1.54, 1.807) is 6.07 Å². The van der Waals surface area contributed by atoms with Gasteiger partial charge in [0.1, 0.15) is 18.2 Å². The lowest BCUT2D eigenvalue weighted by Crippen LogP contribution is -2.05. The summed E-state index contributed by atoms with van der Waals surface area (Å²) in [7, 11) is 0. The van der Waals surface area contributed by atoms with E-state index in [-0.39, 0.29) is 0 Å². The summed E-state index contributed by atoms with van der Waals surface area (Å²) >= 11 is 3.47. The first-order valence-corrected chi connectivity index (χ1v) is 7.31. The smallest absolute Gasteiger partial charge is 0.168 e. The topological polar surface area (TPSA) is 61.0 Å². The quantitative estimate of drug-likeness (QED) is 0.784. The van der Waals surface area contributed by atoms with E-state index >= 15 is 0 Å². The summed E-state index contributed by atoms with van der Waals surface area (Å²) in [6.45, 7) is 2.18. The van der Waals surface area contributed by atoms with Gasteiger partial charge >= 0.3 is 0 Å². The lowest BCUT2D eigenvalue weighted by molar-refractivity contribution is 0.296. The number of anilines is 1. The molecule has 0 saturated carbocycles. The third-order valence-electron chi connectivity index (χ3n) is 3.06. The fourth-order valence-electron chi connectivity index (χ4n) is 2.15. The van der Waals surface area contributed by atoms with Gasteiger partial charge in [-0.3, -0.25) is 0 Å². The largest absolute Gasteiger partial charge is 0.486 e. The molecule has 0 aliphatic carbocycles. The molecule has 0 bridgehead atoms. The minimum Gasteiger partial charge on any atom is -0.486 e. The van der Waals surface area contributed by atoms with E-state index in [0.29, 0.717) is 18.2 Å². The zero-order valence-electron chi connectivity index (χ0n) is 11.5. The number of nitrogen functional groups attached to an aromatic ring is 1. The highest BCUT2D eigenvalue weighted by molar-refractivity contribution is 9.10. The number of hydrogen-bond acceptors (Lipinski definition) is 4. The Morgan fingerprint density at radius 1 is 1.05 bits per heavy atom. The van der Waals surface area contributed by atoms with Crippen molar-refractivity contribution in [3.63, 3.8) is 0 Å². The van der Waals surface area contributed by atoms with Crippen LogP contribution in [-0.4, -0.2) is 9.97 Å². The number of rotatable bonds is 3. The van der Waals surface area contributed by atoms with Crippen LogP contribution >= 0.6 is 15.9 Å². The Hall–Kier alpha value is -2.14. The molecule has 0 spiro atoms. The van der Waals surface area contributed by atoms with Crippen molar-refractivity contribution in [3.05, 3.63) is 58.5 Å². The maximum atomic E-state index is 5.75. The highest BCUT2D eigenvalue weighted by Gasteiger charge is 2.03. The molecule has 0 aliphatic rings. The molecule has 1 heterocycles. The van der Waals surface area contributed by atoms with E-state index in [4.69, 9.17) is 10.5 Å². The van der Waals surface area contributed by atoms with E-state index in [1.165, 1.54) is 0 Å². The lowest BCUT2D eigenvalue weighted by atomic mass is 10.1. The summed E-state index contributed by atoms with van der Waals surface area (Å²) in [4.78, 5) is 8.46. The molecule has 0 unspecified atom stereocenters. The average molecular weight is 344 g/mol. The van der Waals surface area contributed by atoms with Crippen molar-refractivity contribution >= 4 is 32.5 Å². The number of benzene rings is 2. The lowest BCUT2D eigenvalue weighted by Gasteiger charge is -2.08. The highest BCUT2D eigenvalue weighted by atomic mass is 79.9. The summed E-state index contributed by atoms with van der Waals surface area (Å²) in [6.07, 6.45) is 0. The van der Waals surface area contributed by atoms with Gasteiger partial charge in [0, 0.05) is 16.2 Å². The van der Waals surface area contributed by atoms with Crippen LogP contribution in [0.1, 0.15) is 11.5 Å². The molecule has 0 fully saturated rings. The molecule has 0 aliphatic heterocycles. The van der Waals surface area contributed by atoms with E-state index in [9.17, 15) is 0 Å². The first-order chi connectivity index (χ1) is 10.1. The molecule has 2 N–H and O–H groups in total. The van der Waals surface area contributed by atoms with Crippen LogP contribution in [0.25, 0.3) is 10.8 Å². The number of aryl methyl sites for hydroxylation is 1. The van der Waals surface area contributed by atoms with Crippen molar-refractivity contribution in [2.75, 3.05) is 5.73 Å². The molecule has 2 aromatic carbocycles. The van der Waals surface area contributed by atoms with E-state index < -0.39 is 0 Å². The van der Waals surface area contributed by atoms with Gasteiger partial charge in [0.15, 0.2) is 5.82 Å². The van der Waals surface area contributed by atoms with Crippen molar-refractivity contribution in [1.82, 2.24) is 9.97 Å². The first kappa shape index (κ1) is 13.8. The van der Waals surface area contributed by atoms with Gasteiger partial charge < -0.3 is 10.5 Å². The fourth-order valence-corrected chi connectivity index (χ4v) is 2.53. The number of halogens is 1. The monoisotopic (exact) mass is 343 g/mol. The minimum absolute atomic E-state index is 0.300. The molecule has 0 atom stereocenters. The standard InChI is InChI=1S/C16H14BrN3O/c1-10-6-15(18)20-16(19-10)9-21-14-5-3-11-7-13(17)4-2-12(11)8-14/h2-8H,9H2,1H3,(H2,18,19,20). The molecule has 21 heavy (non-hydrogen) atoms. The summed E-state index contributed by atoms with van der Waals surface area (Å²) in [5.41, 5.74) is 6.54. The van der Waals surface area contributed by atoms with Gasteiger partial charge in [-0.2, -0.15) is 0 Å². The van der Waals surface area contributed by atoms with Crippen LogP contribution in [0, 0.1) is 6.92 Å². The van der Waals surface area contributed by atoms with Crippen molar-refractivity contribution < 1.29 is 4.74 Å². The summed E-state index contributed by atoms with van der Waals surface area (Å²) in [5.74, 6) is 1.83. The molecule has 0 amide bonds. The second-order valence-electron chi connectivity index (χ2n) is 4.79. The van der Waals surface area contributed by atoms with Crippen molar-refractivity contribution in [2.24, 2.45) is 0 Å². The van der Waals surface area contributed by atoms with Crippen molar-refractivity contribution in [1.29, 1.82) is 0 Å². The van der Waals surface area contributed by atoms with Crippen LogP contribution in [-0.2, 0) is 6.61 Å². The van der Waals surface area contributed by atoms with Gasteiger partial charge in [0.05, 0.1) is 0 Å². The van der Waals surface area contributed by atoms with Crippen LogP contribution in [0.2, 0.25) is 0 Å². The third kappa shape index (κ3) is 3.31. The molecule has 106 valence electrons. The van der Waals surface area contributed by atoms with E-state index in [1.807, 2.05) is 37.3 Å². The molecule has 0 radical (unpaired) electrons. The Kier molecular flexibility index (Phi) is 3.75. The van der Waals surface area contributed by atoms with Crippen LogP contribution in [0.3, 0.4) is 0 Å². The molecule has 3 aromatic rings. The van der Waals surface area contributed by atoms with Gasteiger partial charge in [-0.15, -0.1) is 0 Å². The Labute approximate surface area is 131 Å². The normalized spacial score (nSPS) is 10.8. The van der Waals surface area contributed by atoms with Crippen LogP contribution in [0.5, 0.6) is 5.75 Å². The Balaban J connectivity index is 1.80. The van der Waals surface area contributed by atoms with Crippen LogP contribution in [0.15, 0.2) is 46.9 Å². The molecule has 0 saturated heterocycles. The molecule has 3 rings (SSSR count). The molecule has 5 heteroatoms. The summed E-state index contributed by atoms with van der Waals surface area (Å²) in [5, 5.41) is 2.29. The van der Waals surface area contributed by atoms with Crippen molar-refractivity contribution in [3.8, 4) is 5.75 Å². The zero-order chi connectivity index (χ0) is 14.8. The van der Waals surface area contributed by atoms with E-state index in [2.05, 4.69) is 32.0 Å². The Morgan fingerprint density at radius 2 is 1.81 bits per heavy atom. The number of aromatic nitrogens is 2. The minimum atomic E-state index is 0.300. The number of ether oxygens (including phenoxy) is 1. The zero-order valence-corrected chi connectivity index (χ0v) is 13.1. The second kappa shape index (κ2) is 5.69. The third-order valence-corrected chi connectivity index (χ3v) is 3.56. The number of hydrogen-bond donors (Lipinski definition) is 1. The summed E-state index contributed by atoms with van der Waals surface area (Å²) < 4.78 is 6.81. The van der Waals surface area contributed by atoms with Gasteiger partial charge in [0.2, 0.25) is 0 Å². The van der Waals surface area contributed by atoms with Crippen LogP contribution in [0.4, 0.5) is 5.82 Å². The number of fused-ring (bicyclic) bond motifs is 1. The van der Waals surface area contributed by atoms with Gasteiger partial charge in [-0.1, -0.05) is 28.1 Å². The molecule has 4 nitrogen and oxygen atoms in total. The number of nitrogens with two attached hydrogens (primary N) is 1. The average Bonchev–Trinajstić information content (AvgIpc) is 2.44. The highest BCUT2D eigenvalue weighted by Crippen LogP contribution is 2.24. The number of nitrogens with zero attached hydrogens (tertiary/aromatic N) is 2. The molecular weight excluding hydrogens is 330 g/mol. The predicted octanol–water partition coefficient (Wildman–Crippen LogP) is 3.86. The summed E-state index contributed by atoms with van der Waals surface area (Å²) in [6, 6.07) is 13.8. The SMILES string of the molecule is Cc1cc(N)nc(COc2ccc3cc(Br)ccc3c2)n1. The maximum absolute atomic E-state index is 5.75. The van der Waals surface area contributed by atoms with Gasteiger partial charge in [-0.25, -0.2) is 9.97 Å². The maximum Gasteiger partial charge on any atom is 0.168 e. The van der Waals surface area contributed by atoms with Crippen molar-refractivity contribution in [2.45, 2.75) is 13.5 Å². The fraction of sp³-hybridized carbons (Fsp3) is 0.125.